The lowest BCUT2D eigenvalue weighted by molar-refractivity contribution is 0.0696. The van der Waals surface area contributed by atoms with E-state index in [-0.39, 0.29) is 18.0 Å². The Bertz CT molecular complexity index is 619. The molecule has 6 nitrogen and oxygen atoms in total. The highest BCUT2D eigenvalue weighted by molar-refractivity contribution is 5.92. The molecule has 6 heteroatoms. The van der Waals surface area contributed by atoms with Gasteiger partial charge in [-0.1, -0.05) is 0 Å². The van der Waals surface area contributed by atoms with E-state index in [1.165, 1.54) is 18.3 Å². The van der Waals surface area contributed by atoms with Gasteiger partial charge in [0.25, 0.3) is 5.91 Å². The second-order valence-electron chi connectivity index (χ2n) is 4.03. The molecular weight excluding hydrogens is 246 g/mol. The maximum atomic E-state index is 11.8. The van der Waals surface area contributed by atoms with E-state index < -0.39 is 5.97 Å². The third-order valence-electron chi connectivity index (χ3n) is 2.67. The molecule has 0 bridgehead atoms. The van der Waals surface area contributed by atoms with Crippen LogP contribution in [0.2, 0.25) is 0 Å². The Balaban J connectivity index is 2.03. The Morgan fingerprint density at radius 2 is 2.21 bits per heavy atom. The van der Waals surface area contributed by atoms with Crippen molar-refractivity contribution in [1.82, 2.24) is 14.9 Å². The minimum atomic E-state index is -1.02. The topological polar surface area (TPSA) is 84.2 Å². The number of hydrogen-bond acceptors (Lipinski definition) is 3. The van der Waals surface area contributed by atoms with Crippen molar-refractivity contribution in [3.8, 4) is 0 Å². The number of carbonyl (C=O) groups excluding carboxylic acids is 1. The van der Waals surface area contributed by atoms with Crippen molar-refractivity contribution in [2.45, 2.75) is 6.54 Å². The van der Waals surface area contributed by atoms with Gasteiger partial charge in [-0.3, -0.25) is 9.78 Å². The van der Waals surface area contributed by atoms with Gasteiger partial charge >= 0.3 is 5.97 Å². The van der Waals surface area contributed by atoms with Gasteiger partial charge in [0.2, 0.25) is 0 Å². The quantitative estimate of drug-likeness (QED) is 0.859. The number of carbonyl (C=O) groups is 2. The summed E-state index contributed by atoms with van der Waals surface area (Å²) in [7, 11) is 1.78. The van der Waals surface area contributed by atoms with Gasteiger partial charge in [0.05, 0.1) is 17.8 Å². The van der Waals surface area contributed by atoms with Crippen molar-refractivity contribution >= 4 is 11.9 Å². The number of nitrogens with zero attached hydrogens (tertiary/aromatic N) is 2. The summed E-state index contributed by atoms with van der Waals surface area (Å²) in [6.07, 6.45) is 3.19. The molecule has 0 radical (unpaired) electrons. The number of rotatable bonds is 4. The van der Waals surface area contributed by atoms with Crippen LogP contribution < -0.4 is 5.32 Å². The fourth-order valence-electron chi connectivity index (χ4n) is 1.67. The van der Waals surface area contributed by atoms with Crippen LogP contribution in [0.25, 0.3) is 0 Å². The molecule has 2 N–H and O–H groups in total. The summed E-state index contributed by atoms with van der Waals surface area (Å²) in [5.74, 6) is -1.24. The molecule has 0 aliphatic carbocycles. The van der Waals surface area contributed by atoms with Gasteiger partial charge in [-0.05, 0) is 24.3 Å². The first-order valence-electron chi connectivity index (χ1n) is 5.65. The molecule has 0 aliphatic heterocycles. The highest BCUT2D eigenvalue weighted by atomic mass is 16.4. The standard InChI is InChI=1S/C13H13N3O3/c1-16-6-2-3-11(16)12(17)15-8-10-7-9(13(18)19)4-5-14-10/h2-7H,8H2,1H3,(H,15,17)(H,18,19). The molecule has 2 aromatic heterocycles. The van der Waals surface area contributed by atoms with Crippen molar-refractivity contribution < 1.29 is 14.7 Å². The van der Waals surface area contributed by atoms with Crippen molar-refractivity contribution in [1.29, 1.82) is 0 Å². The molecule has 0 unspecified atom stereocenters. The SMILES string of the molecule is Cn1cccc1C(=O)NCc1cc(C(=O)O)ccn1. The summed E-state index contributed by atoms with van der Waals surface area (Å²) < 4.78 is 1.70. The minimum Gasteiger partial charge on any atom is -0.478 e. The van der Waals surface area contributed by atoms with Crippen LogP contribution in [0.5, 0.6) is 0 Å². The third kappa shape index (κ3) is 2.98. The molecule has 2 aromatic rings. The molecule has 98 valence electrons. The molecule has 0 saturated heterocycles. The number of carboxylic acid groups (broad SMARTS) is 1. The smallest absolute Gasteiger partial charge is 0.335 e. The summed E-state index contributed by atoms with van der Waals surface area (Å²) in [4.78, 5) is 26.7. The molecule has 0 saturated carbocycles. The zero-order valence-electron chi connectivity index (χ0n) is 10.3. The largest absolute Gasteiger partial charge is 0.478 e. The Morgan fingerprint density at radius 1 is 1.42 bits per heavy atom. The van der Waals surface area contributed by atoms with E-state index in [1.54, 1.807) is 29.9 Å². The van der Waals surface area contributed by atoms with Crippen LogP contribution in [0.1, 0.15) is 26.5 Å². The summed E-state index contributed by atoms with van der Waals surface area (Å²) >= 11 is 0. The Kier molecular flexibility index (Phi) is 3.61. The lowest BCUT2D eigenvalue weighted by Crippen LogP contribution is -2.25. The molecule has 1 amide bonds. The highest BCUT2D eigenvalue weighted by Gasteiger charge is 2.09. The van der Waals surface area contributed by atoms with E-state index in [4.69, 9.17) is 5.11 Å². The predicted octanol–water partition coefficient (Wildman–Crippen LogP) is 1.05. The summed E-state index contributed by atoms with van der Waals surface area (Å²) in [5, 5.41) is 11.5. The molecule has 2 heterocycles. The van der Waals surface area contributed by atoms with Crippen LogP contribution in [0.4, 0.5) is 0 Å². The average Bonchev–Trinajstić information content (AvgIpc) is 2.82. The van der Waals surface area contributed by atoms with Gasteiger partial charge in [-0.15, -0.1) is 0 Å². The van der Waals surface area contributed by atoms with E-state index in [2.05, 4.69) is 10.3 Å². The van der Waals surface area contributed by atoms with Gasteiger partial charge in [-0.25, -0.2) is 4.79 Å². The number of nitrogens with one attached hydrogen (secondary N) is 1. The lowest BCUT2D eigenvalue weighted by atomic mass is 10.2. The molecular formula is C13H13N3O3. The van der Waals surface area contributed by atoms with Gasteiger partial charge < -0.3 is 15.0 Å². The number of aromatic carboxylic acids is 1. The summed E-state index contributed by atoms with van der Waals surface area (Å²) in [5.41, 5.74) is 1.19. The number of amides is 1. The first-order valence-corrected chi connectivity index (χ1v) is 5.65. The molecule has 0 spiro atoms. The van der Waals surface area contributed by atoms with Crippen molar-refractivity contribution in [3.05, 3.63) is 53.6 Å². The van der Waals surface area contributed by atoms with Crippen LogP contribution in [-0.4, -0.2) is 26.5 Å². The lowest BCUT2D eigenvalue weighted by Gasteiger charge is -2.06. The average molecular weight is 259 g/mol. The van der Waals surface area contributed by atoms with E-state index in [9.17, 15) is 9.59 Å². The second-order valence-corrected chi connectivity index (χ2v) is 4.03. The summed E-state index contributed by atoms with van der Waals surface area (Å²) in [6.45, 7) is 0.186. The number of aromatic nitrogens is 2. The Labute approximate surface area is 109 Å². The number of carboxylic acids is 1. The molecule has 19 heavy (non-hydrogen) atoms. The molecule has 0 aliphatic rings. The van der Waals surface area contributed by atoms with Crippen LogP contribution >= 0.6 is 0 Å². The number of aryl methyl sites for hydroxylation is 1. The first-order chi connectivity index (χ1) is 9.08. The predicted molar refractivity (Wildman–Crippen MR) is 67.8 cm³/mol. The van der Waals surface area contributed by atoms with Crippen molar-refractivity contribution in [2.75, 3.05) is 0 Å². The second kappa shape index (κ2) is 5.34. The number of pyridine rings is 1. The normalized spacial score (nSPS) is 10.2. The third-order valence-corrected chi connectivity index (χ3v) is 2.67. The summed E-state index contributed by atoms with van der Waals surface area (Å²) in [6, 6.07) is 6.33. The molecule has 0 aromatic carbocycles. The number of hydrogen-bond donors (Lipinski definition) is 2. The minimum absolute atomic E-state index is 0.151. The molecule has 2 rings (SSSR count). The van der Waals surface area contributed by atoms with E-state index in [1.807, 2.05) is 0 Å². The van der Waals surface area contributed by atoms with Crippen molar-refractivity contribution in [2.24, 2.45) is 7.05 Å². The highest BCUT2D eigenvalue weighted by Crippen LogP contribution is 2.03. The maximum absolute atomic E-state index is 11.8. The Morgan fingerprint density at radius 3 is 2.84 bits per heavy atom. The first kappa shape index (κ1) is 12.8. The van der Waals surface area contributed by atoms with E-state index >= 15 is 0 Å². The fraction of sp³-hybridized carbons (Fsp3) is 0.154. The maximum Gasteiger partial charge on any atom is 0.335 e. The Hall–Kier alpha value is -2.63. The van der Waals surface area contributed by atoms with Crippen LogP contribution in [0.3, 0.4) is 0 Å². The van der Waals surface area contributed by atoms with E-state index in [0.29, 0.717) is 11.4 Å². The van der Waals surface area contributed by atoms with Gasteiger partial charge in [-0.2, -0.15) is 0 Å². The van der Waals surface area contributed by atoms with Gasteiger partial charge in [0.1, 0.15) is 5.69 Å². The monoisotopic (exact) mass is 259 g/mol. The van der Waals surface area contributed by atoms with Crippen LogP contribution in [0, 0.1) is 0 Å². The van der Waals surface area contributed by atoms with Crippen LogP contribution in [0.15, 0.2) is 36.7 Å². The zero-order chi connectivity index (χ0) is 13.8. The van der Waals surface area contributed by atoms with E-state index in [0.717, 1.165) is 0 Å². The fourth-order valence-corrected chi connectivity index (χ4v) is 1.67. The van der Waals surface area contributed by atoms with Crippen LogP contribution in [-0.2, 0) is 13.6 Å². The van der Waals surface area contributed by atoms with Crippen molar-refractivity contribution in [3.63, 3.8) is 0 Å². The zero-order valence-corrected chi connectivity index (χ0v) is 10.3. The van der Waals surface area contributed by atoms with Gasteiger partial charge in [0.15, 0.2) is 0 Å². The molecule has 0 atom stereocenters. The molecule has 0 fully saturated rings. The van der Waals surface area contributed by atoms with Gasteiger partial charge in [0, 0.05) is 19.4 Å².